The Labute approximate surface area is 104 Å². The van der Waals surface area contributed by atoms with Crippen LogP contribution in [-0.4, -0.2) is 11.6 Å². The predicted octanol–water partition coefficient (Wildman–Crippen LogP) is 4.22. The second-order valence-electron chi connectivity index (χ2n) is 4.58. The van der Waals surface area contributed by atoms with E-state index in [0.717, 1.165) is 34.7 Å². The fourth-order valence-corrected chi connectivity index (χ4v) is 2.42. The zero-order chi connectivity index (χ0) is 12.1. The average molecular weight is 239 g/mol. The van der Waals surface area contributed by atoms with Gasteiger partial charge in [0.25, 0.3) is 0 Å². The lowest BCUT2D eigenvalue weighted by Gasteiger charge is -2.02. The van der Waals surface area contributed by atoms with Gasteiger partial charge in [-0.2, -0.15) is 0 Å². The molecule has 0 bridgehead atoms. The SMILES string of the molecule is CCCOc1c2c(cc3c1[nH]c1ccccc13)O2. The Kier molecular flexibility index (Phi) is 1.87. The Hall–Kier alpha value is -2.16. The van der Waals surface area contributed by atoms with Crippen LogP contribution in [0.5, 0.6) is 17.2 Å². The summed E-state index contributed by atoms with van der Waals surface area (Å²) in [6, 6.07) is 10.4. The van der Waals surface area contributed by atoms with Gasteiger partial charge in [0.1, 0.15) is 0 Å². The first-order valence-corrected chi connectivity index (χ1v) is 6.26. The number of ether oxygens (including phenoxy) is 2. The number of aromatic nitrogens is 1. The average Bonchev–Trinajstić information content (AvgIpc) is 3.08. The summed E-state index contributed by atoms with van der Waals surface area (Å²) in [4.78, 5) is 3.42. The first kappa shape index (κ1) is 9.83. The van der Waals surface area contributed by atoms with E-state index in [1.54, 1.807) is 0 Å². The lowest BCUT2D eigenvalue weighted by Crippen LogP contribution is -1.94. The Morgan fingerprint density at radius 3 is 3.00 bits per heavy atom. The second kappa shape index (κ2) is 3.42. The van der Waals surface area contributed by atoms with Crippen molar-refractivity contribution in [1.29, 1.82) is 0 Å². The van der Waals surface area contributed by atoms with Crippen molar-refractivity contribution in [3.05, 3.63) is 30.3 Å². The monoisotopic (exact) mass is 239 g/mol. The van der Waals surface area contributed by atoms with Crippen molar-refractivity contribution in [2.45, 2.75) is 13.3 Å². The first-order chi connectivity index (χ1) is 8.88. The zero-order valence-corrected chi connectivity index (χ0v) is 10.1. The molecule has 0 aliphatic carbocycles. The van der Waals surface area contributed by atoms with Gasteiger partial charge in [-0.3, -0.25) is 0 Å². The quantitative estimate of drug-likeness (QED) is 0.543. The number of aromatic amines is 1. The number of para-hydroxylation sites is 1. The molecule has 0 atom stereocenters. The van der Waals surface area contributed by atoms with E-state index in [1.165, 1.54) is 10.8 Å². The fraction of sp³-hybridized carbons (Fsp3) is 0.200. The van der Waals surface area contributed by atoms with E-state index in [1.807, 2.05) is 6.07 Å². The minimum Gasteiger partial charge on any atom is -0.488 e. The minimum atomic E-state index is 0.713. The van der Waals surface area contributed by atoms with E-state index in [-0.39, 0.29) is 0 Å². The Morgan fingerprint density at radius 2 is 2.11 bits per heavy atom. The van der Waals surface area contributed by atoms with E-state index in [2.05, 4.69) is 36.2 Å². The van der Waals surface area contributed by atoms with Gasteiger partial charge in [-0.25, -0.2) is 0 Å². The number of rotatable bonds is 3. The van der Waals surface area contributed by atoms with Crippen LogP contribution in [0.4, 0.5) is 0 Å². The summed E-state index contributed by atoms with van der Waals surface area (Å²) in [7, 11) is 0. The molecule has 2 heterocycles. The van der Waals surface area contributed by atoms with E-state index < -0.39 is 0 Å². The Morgan fingerprint density at radius 1 is 1.22 bits per heavy atom. The van der Waals surface area contributed by atoms with E-state index >= 15 is 0 Å². The molecule has 0 radical (unpaired) electrons. The van der Waals surface area contributed by atoms with Gasteiger partial charge in [0.05, 0.1) is 12.1 Å². The molecule has 3 aromatic rings. The zero-order valence-electron chi connectivity index (χ0n) is 10.1. The van der Waals surface area contributed by atoms with Gasteiger partial charge in [-0.15, -0.1) is 0 Å². The van der Waals surface area contributed by atoms with Gasteiger partial charge in [0, 0.05) is 16.3 Å². The van der Waals surface area contributed by atoms with E-state index in [4.69, 9.17) is 9.47 Å². The van der Waals surface area contributed by atoms with Gasteiger partial charge >= 0.3 is 0 Å². The molecule has 0 saturated carbocycles. The minimum absolute atomic E-state index is 0.713. The molecular formula is C15H13NO2. The Bertz CT molecular complexity index is 758. The molecule has 0 spiro atoms. The molecule has 3 nitrogen and oxygen atoms in total. The summed E-state index contributed by atoms with van der Waals surface area (Å²) in [5.41, 5.74) is 2.18. The van der Waals surface area contributed by atoms with Gasteiger partial charge in [-0.1, -0.05) is 25.1 Å². The van der Waals surface area contributed by atoms with E-state index in [0.29, 0.717) is 6.61 Å². The molecule has 0 saturated heterocycles. The molecule has 18 heavy (non-hydrogen) atoms. The smallest absolute Gasteiger partial charge is 0.214 e. The Balaban J connectivity index is 2.03. The van der Waals surface area contributed by atoms with Crippen LogP contribution in [0.1, 0.15) is 13.3 Å². The maximum absolute atomic E-state index is 5.82. The molecule has 1 aliphatic heterocycles. The highest BCUT2D eigenvalue weighted by Crippen LogP contribution is 2.56. The molecule has 90 valence electrons. The molecule has 4 rings (SSSR count). The molecular weight excluding hydrogens is 226 g/mol. The van der Waals surface area contributed by atoms with Gasteiger partial charge in [0.2, 0.25) is 5.75 Å². The van der Waals surface area contributed by atoms with Crippen LogP contribution in [0.2, 0.25) is 0 Å². The summed E-state index contributed by atoms with van der Waals surface area (Å²) in [6.07, 6.45) is 0.991. The highest BCUT2D eigenvalue weighted by molar-refractivity contribution is 6.11. The lowest BCUT2D eigenvalue weighted by molar-refractivity contribution is 0.317. The molecule has 0 amide bonds. The predicted molar refractivity (Wildman–Crippen MR) is 71.7 cm³/mol. The van der Waals surface area contributed by atoms with Crippen molar-refractivity contribution in [2.75, 3.05) is 6.61 Å². The van der Waals surface area contributed by atoms with Crippen LogP contribution in [0, 0.1) is 0 Å². The summed E-state index contributed by atoms with van der Waals surface area (Å²) in [5, 5.41) is 2.39. The number of fused-ring (bicyclic) bond motifs is 4. The summed E-state index contributed by atoms with van der Waals surface area (Å²) in [5.74, 6) is 2.70. The third kappa shape index (κ3) is 1.24. The van der Waals surface area contributed by atoms with Gasteiger partial charge < -0.3 is 14.5 Å². The van der Waals surface area contributed by atoms with Crippen molar-refractivity contribution in [2.24, 2.45) is 0 Å². The number of H-pyrrole nitrogens is 1. The van der Waals surface area contributed by atoms with Crippen molar-refractivity contribution >= 4 is 21.8 Å². The molecule has 0 unspecified atom stereocenters. The summed E-state index contributed by atoms with van der Waals surface area (Å²) < 4.78 is 11.3. The molecule has 3 heteroatoms. The van der Waals surface area contributed by atoms with Crippen LogP contribution in [-0.2, 0) is 0 Å². The highest BCUT2D eigenvalue weighted by atomic mass is 16.6. The van der Waals surface area contributed by atoms with Crippen LogP contribution >= 0.6 is 0 Å². The number of benzene rings is 2. The third-order valence-corrected chi connectivity index (χ3v) is 3.30. The molecule has 0 fully saturated rings. The molecule has 2 aromatic carbocycles. The van der Waals surface area contributed by atoms with Crippen LogP contribution in [0.15, 0.2) is 30.3 Å². The lowest BCUT2D eigenvalue weighted by atomic mass is 10.1. The second-order valence-corrected chi connectivity index (χ2v) is 4.58. The number of hydrogen-bond acceptors (Lipinski definition) is 2. The molecule has 1 N–H and O–H groups in total. The van der Waals surface area contributed by atoms with Crippen molar-refractivity contribution < 1.29 is 9.47 Å². The highest BCUT2D eigenvalue weighted by Gasteiger charge is 2.30. The maximum Gasteiger partial charge on any atom is 0.214 e. The topological polar surface area (TPSA) is 37.5 Å². The first-order valence-electron chi connectivity index (χ1n) is 6.26. The largest absolute Gasteiger partial charge is 0.488 e. The normalized spacial score (nSPS) is 12.5. The molecule has 1 aliphatic rings. The maximum atomic E-state index is 5.82. The van der Waals surface area contributed by atoms with E-state index in [9.17, 15) is 0 Å². The third-order valence-electron chi connectivity index (χ3n) is 3.30. The van der Waals surface area contributed by atoms with Crippen LogP contribution in [0.3, 0.4) is 0 Å². The summed E-state index contributed by atoms with van der Waals surface area (Å²) in [6.45, 7) is 2.81. The van der Waals surface area contributed by atoms with Crippen LogP contribution < -0.4 is 9.47 Å². The summed E-state index contributed by atoms with van der Waals surface area (Å²) >= 11 is 0. The standard InChI is InChI=1S/C15H13NO2/c1-2-7-17-15-13-10(8-12-14(15)18-12)9-5-3-4-6-11(9)16-13/h3-6,8,16H,2,7H2,1H3. The number of nitrogens with one attached hydrogen (secondary N) is 1. The fourth-order valence-electron chi connectivity index (χ4n) is 2.42. The van der Waals surface area contributed by atoms with Crippen molar-refractivity contribution in [1.82, 2.24) is 4.98 Å². The van der Waals surface area contributed by atoms with Crippen molar-refractivity contribution in [3.63, 3.8) is 0 Å². The molecule has 1 aromatic heterocycles. The van der Waals surface area contributed by atoms with Gasteiger partial charge in [-0.05, 0) is 18.6 Å². The number of hydrogen-bond donors (Lipinski definition) is 1. The van der Waals surface area contributed by atoms with Gasteiger partial charge in [0.15, 0.2) is 11.5 Å². The van der Waals surface area contributed by atoms with Crippen LogP contribution in [0.25, 0.3) is 21.8 Å². The van der Waals surface area contributed by atoms with Crippen molar-refractivity contribution in [3.8, 4) is 17.2 Å².